The Morgan fingerprint density at radius 1 is 1.26 bits per heavy atom. The number of carbonyl (C=O) groups is 1. The molecule has 1 aliphatic carbocycles. The minimum atomic E-state index is 0.396. The van der Waals surface area contributed by atoms with E-state index in [4.69, 9.17) is 0 Å². The number of nitrogens with one attached hydrogen (secondary N) is 1. The lowest BCUT2D eigenvalue weighted by molar-refractivity contribution is -0.134. The molecule has 110 valence electrons. The van der Waals surface area contributed by atoms with Crippen LogP contribution in [0.15, 0.2) is 0 Å². The average Bonchev–Trinajstić information content (AvgIpc) is 2.94. The van der Waals surface area contributed by atoms with Crippen molar-refractivity contribution < 1.29 is 4.79 Å². The van der Waals surface area contributed by atoms with Gasteiger partial charge in [-0.25, -0.2) is 0 Å². The van der Waals surface area contributed by atoms with Gasteiger partial charge in [-0.1, -0.05) is 19.8 Å². The molecule has 3 nitrogen and oxygen atoms in total. The molecule has 1 saturated carbocycles. The molecule has 0 spiro atoms. The maximum atomic E-state index is 12.5. The number of piperidine rings is 1. The topological polar surface area (TPSA) is 32.3 Å². The van der Waals surface area contributed by atoms with Crippen molar-refractivity contribution in [3.63, 3.8) is 0 Å². The molecule has 0 bridgehead atoms. The van der Waals surface area contributed by atoms with Crippen LogP contribution in [0.4, 0.5) is 0 Å². The molecular formula is C16H30N2O. The highest BCUT2D eigenvalue weighted by Gasteiger charge is 2.28. The third-order valence-electron chi connectivity index (χ3n) is 5.06. The van der Waals surface area contributed by atoms with E-state index in [1.165, 1.54) is 38.5 Å². The van der Waals surface area contributed by atoms with Crippen LogP contribution in [-0.2, 0) is 4.79 Å². The van der Waals surface area contributed by atoms with Gasteiger partial charge in [0.1, 0.15) is 0 Å². The lowest BCUT2D eigenvalue weighted by atomic mass is 9.85. The van der Waals surface area contributed by atoms with Gasteiger partial charge in [0, 0.05) is 19.0 Å². The van der Waals surface area contributed by atoms with Gasteiger partial charge in [-0.2, -0.15) is 0 Å². The highest BCUT2D eigenvalue weighted by Crippen LogP contribution is 2.27. The fourth-order valence-electron chi connectivity index (χ4n) is 3.78. The molecular weight excluding hydrogens is 236 g/mol. The predicted molar refractivity (Wildman–Crippen MR) is 79.0 cm³/mol. The van der Waals surface area contributed by atoms with Gasteiger partial charge in [0.25, 0.3) is 0 Å². The minimum Gasteiger partial charge on any atom is -0.340 e. The van der Waals surface area contributed by atoms with Crippen molar-refractivity contribution in [1.29, 1.82) is 0 Å². The molecule has 2 atom stereocenters. The van der Waals surface area contributed by atoms with Crippen molar-refractivity contribution in [2.24, 2.45) is 11.8 Å². The van der Waals surface area contributed by atoms with E-state index in [2.05, 4.69) is 24.1 Å². The molecule has 2 aliphatic rings. The van der Waals surface area contributed by atoms with Crippen molar-refractivity contribution in [1.82, 2.24) is 10.2 Å². The molecule has 2 rings (SSSR count). The molecule has 0 radical (unpaired) electrons. The Balaban J connectivity index is 1.83. The smallest absolute Gasteiger partial charge is 0.223 e. The number of nitrogens with zero attached hydrogens (tertiary/aromatic N) is 1. The Morgan fingerprint density at radius 2 is 2.00 bits per heavy atom. The molecule has 1 heterocycles. The summed E-state index contributed by atoms with van der Waals surface area (Å²) >= 11 is 0. The first-order valence-electron chi connectivity index (χ1n) is 8.22. The van der Waals surface area contributed by atoms with Gasteiger partial charge in [0.05, 0.1) is 0 Å². The van der Waals surface area contributed by atoms with Crippen molar-refractivity contribution in [2.45, 2.75) is 64.8 Å². The quantitative estimate of drug-likeness (QED) is 0.830. The van der Waals surface area contributed by atoms with Gasteiger partial charge in [0.2, 0.25) is 5.91 Å². The van der Waals surface area contributed by atoms with E-state index in [0.29, 0.717) is 23.8 Å². The zero-order valence-electron chi connectivity index (χ0n) is 12.7. The lowest BCUT2D eigenvalue weighted by Gasteiger charge is -2.32. The molecule has 0 aromatic carbocycles. The standard InChI is InChI=1S/C16H30N2O/c1-3-18(15-8-4-5-9-15)16(19)11-13(2)14-7-6-10-17-12-14/h13-15,17H,3-12H2,1-2H3. The number of rotatable bonds is 5. The summed E-state index contributed by atoms with van der Waals surface area (Å²) in [6.07, 6.45) is 8.35. The molecule has 1 aliphatic heterocycles. The van der Waals surface area contributed by atoms with Crippen molar-refractivity contribution in [3.05, 3.63) is 0 Å². The summed E-state index contributed by atoms with van der Waals surface area (Å²) in [5, 5.41) is 3.46. The van der Waals surface area contributed by atoms with Crippen LogP contribution in [0.25, 0.3) is 0 Å². The molecule has 0 aromatic heterocycles. The van der Waals surface area contributed by atoms with E-state index in [1.54, 1.807) is 0 Å². The monoisotopic (exact) mass is 266 g/mol. The summed E-state index contributed by atoms with van der Waals surface area (Å²) in [4.78, 5) is 14.7. The van der Waals surface area contributed by atoms with Crippen LogP contribution in [0.1, 0.15) is 58.8 Å². The number of hydrogen-bond donors (Lipinski definition) is 1. The van der Waals surface area contributed by atoms with E-state index >= 15 is 0 Å². The van der Waals surface area contributed by atoms with Gasteiger partial charge < -0.3 is 10.2 Å². The Bertz CT molecular complexity index is 280. The highest BCUT2D eigenvalue weighted by atomic mass is 16.2. The Labute approximate surface area is 118 Å². The van der Waals surface area contributed by atoms with E-state index in [9.17, 15) is 4.79 Å². The van der Waals surface area contributed by atoms with Crippen LogP contribution in [-0.4, -0.2) is 36.5 Å². The first-order valence-corrected chi connectivity index (χ1v) is 8.22. The summed E-state index contributed by atoms with van der Waals surface area (Å²) < 4.78 is 0. The predicted octanol–water partition coefficient (Wildman–Crippen LogP) is 2.80. The molecule has 19 heavy (non-hydrogen) atoms. The van der Waals surface area contributed by atoms with Gasteiger partial charge in [-0.15, -0.1) is 0 Å². The van der Waals surface area contributed by atoms with Crippen LogP contribution in [0.5, 0.6) is 0 Å². The normalized spacial score (nSPS) is 26.3. The highest BCUT2D eigenvalue weighted by molar-refractivity contribution is 5.76. The number of carbonyl (C=O) groups excluding carboxylic acids is 1. The first-order chi connectivity index (χ1) is 9.22. The maximum absolute atomic E-state index is 12.5. The second kappa shape index (κ2) is 7.28. The van der Waals surface area contributed by atoms with Crippen LogP contribution >= 0.6 is 0 Å². The molecule has 1 amide bonds. The van der Waals surface area contributed by atoms with Gasteiger partial charge in [-0.05, 0) is 57.5 Å². The summed E-state index contributed by atoms with van der Waals surface area (Å²) in [5.41, 5.74) is 0. The molecule has 0 aromatic rings. The SMILES string of the molecule is CCN(C(=O)CC(C)C1CCCNC1)C1CCCC1. The first kappa shape index (κ1) is 14.8. The van der Waals surface area contributed by atoms with Gasteiger partial charge in [0.15, 0.2) is 0 Å². The Kier molecular flexibility index (Phi) is 5.68. The van der Waals surface area contributed by atoms with Crippen LogP contribution in [0, 0.1) is 11.8 Å². The van der Waals surface area contributed by atoms with Gasteiger partial charge >= 0.3 is 0 Å². The van der Waals surface area contributed by atoms with E-state index in [0.717, 1.165) is 26.1 Å². The third-order valence-corrected chi connectivity index (χ3v) is 5.06. The Hall–Kier alpha value is -0.570. The zero-order chi connectivity index (χ0) is 13.7. The molecule has 3 heteroatoms. The molecule has 2 fully saturated rings. The second-order valence-corrected chi connectivity index (χ2v) is 6.41. The molecule has 2 unspecified atom stereocenters. The van der Waals surface area contributed by atoms with Gasteiger partial charge in [-0.3, -0.25) is 4.79 Å². The van der Waals surface area contributed by atoms with Crippen molar-refractivity contribution in [3.8, 4) is 0 Å². The maximum Gasteiger partial charge on any atom is 0.223 e. The fourth-order valence-corrected chi connectivity index (χ4v) is 3.78. The zero-order valence-corrected chi connectivity index (χ0v) is 12.7. The van der Waals surface area contributed by atoms with E-state index in [-0.39, 0.29) is 0 Å². The van der Waals surface area contributed by atoms with Crippen molar-refractivity contribution >= 4 is 5.91 Å². The average molecular weight is 266 g/mol. The van der Waals surface area contributed by atoms with Crippen LogP contribution in [0.2, 0.25) is 0 Å². The summed E-state index contributed by atoms with van der Waals surface area (Å²) in [5.74, 6) is 1.61. The minimum absolute atomic E-state index is 0.396. The summed E-state index contributed by atoms with van der Waals surface area (Å²) in [7, 11) is 0. The Morgan fingerprint density at radius 3 is 2.58 bits per heavy atom. The van der Waals surface area contributed by atoms with E-state index < -0.39 is 0 Å². The summed E-state index contributed by atoms with van der Waals surface area (Å²) in [6.45, 7) is 7.53. The summed E-state index contributed by atoms with van der Waals surface area (Å²) in [6, 6.07) is 0.536. The fraction of sp³-hybridized carbons (Fsp3) is 0.938. The van der Waals surface area contributed by atoms with Crippen LogP contribution in [0.3, 0.4) is 0 Å². The van der Waals surface area contributed by atoms with Crippen molar-refractivity contribution in [2.75, 3.05) is 19.6 Å². The molecule has 1 saturated heterocycles. The third kappa shape index (κ3) is 3.95. The second-order valence-electron chi connectivity index (χ2n) is 6.41. The van der Waals surface area contributed by atoms with Crippen LogP contribution < -0.4 is 5.32 Å². The molecule has 1 N–H and O–H groups in total. The number of hydrogen-bond acceptors (Lipinski definition) is 2. The lowest BCUT2D eigenvalue weighted by Crippen LogP contribution is -2.41. The largest absolute Gasteiger partial charge is 0.340 e. The number of amides is 1. The van der Waals surface area contributed by atoms with E-state index in [1.807, 2.05) is 0 Å².